The van der Waals surface area contributed by atoms with Gasteiger partial charge < -0.3 is 4.74 Å². The van der Waals surface area contributed by atoms with Gasteiger partial charge in [0.1, 0.15) is 0 Å². The zero-order valence-corrected chi connectivity index (χ0v) is 20.8. The molecule has 1 unspecified atom stereocenters. The summed E-state index contributed by atoms with van der Waals surface area (Å²) in [5.41, 5.74) is 0. The normalized spacial score (nSPS) is 12.3. The number of rotatable bonds is 21. The molecular weight excluding hydrogens is 372 g/mol. The van der Waals surface area contributed by atoms with Crippen LogP contribution in [0.25, 0.3) is 0 Å². The van der Waals surface area contributed by atoms with Gasteiger partial charge in [-0.1, -0.05) is 130 Å². The SMILES string of the molecule is CCCCCCCCCCCC(=O)OC(=O)C(CCCCCCCCCC)C(C)C. The van der Waals surface area contributed by atoms with Crippen molar-refractivity contribution in [2.45, 2.75) is 150 Å². The topological polar surface area (TPSA) is 43.4 Å². The lowest BCUT2D eigenvalue weighted by atomic mass is 9.90. The van der Waals surface area contributed by atoms with Crippen molar-refractivity contribution in [3.63, 3.8) is 0 Å². The van der Waals surface area contributed by atoms with E-state index in [2.05, 4.69) is 27.7 Å². The zero-order chi connectivity index (χ0) is 22.5. The molecular formula is C27H52O3. The zero-order valence-electron chi connectivity index (χ0n) is 20.8. The van der Waals surface area contributed by atoms with E-state index in [1.54, 1.807) is 0 Å². The first-order valence-electron chi connectivity index (χ1n) is 13.3. The van der Waals surface area contributed by atoms with Crippen LogP contribution in [0.5, 0.6) is 0 Å². The minimum atomic E-state index is -0.329. The van der Waals surface area contributed by atoms with Crippen molar-refractivity contribution in [3.05, 3.63) is 0 Å². The molecule has 178 valence electrons. The van der Waals surface area contributed by atoms with Crippen LogP contribution in [-0.2, 0) is 14.3 Å². The molecule has 0 saturated carbocycles. The molecule has 0 saturated heterocycles. The van der Waals surface area contributed by atoms with Gasteiger partial charge in [0.15, 0.2) is 0 Å². The van der Waals surface area contributed by atoms with E-state index in [-0.39, 0.29) is 23.8 Å². The monoisotopic (exact) mass is 424 g/mol. The summed E-state index contributed by atoms with van der Waals surface area (Å²) in [5, 5.41) is 0. The molecule has 0 fully saturated rings. The lowest BCUT2D eigenvalue weighted by molar-refractivity contribution is -0.164. The molecule has 1 atom stereocenters. The first-order chi connectivity index (χ1) is 14.5. The van der Waals surface area contributed by atoms with E-state index in [0.717, 1.165) is 25.7 Å². The molecule has 0 amide bonds. The van der Waals surface area contributed by atoms with Gasteiger partial charge >= 0.3 is 11.9 Å². The number of carbonyl (C=O) groups is 2. The van der Waals surface area contributed by atoms with Gasteiger partial charge in [0.05, 0.1) is 5.92 Å². The minimum absolute atomic E-state index is 0.142. The van der Waals surface area contributed by atoms with E-state index >= 15 is 0 Å². The third-order valence-electron chi connectivity index (χ3n) is 6.18. The predicted molar refractivity (Wildman–Crippen MR) is 128 cm³/mol. The Morgan fingerprint density at radius 3 is 1.43 bits per heavy atom. The Balaban J connectivity index is 3.83. The fourth-order valence-electron chi connectivity index (χ4n) is 4.04. The van der Waals surface area contributed by atoms with Crippen LogP contribution in [0.2, 0.25) is 0 Å². The summed E-state index contributed by atoms with van der Waals surface area (Å²) in [4.78, 5) is 24.5. The summed E-state index contributed by atoms with van der Waals surface area (Å²) in [7, 11) is 0. The smallest absolute Gasteiger partial charge is 0.316 e. The molecule has 0 aromatic heterocycles. The van der Waals surface area contributed by atoms with Gasteiger partial charge in [-0.2, -0.15) is 0 Å². The fraction of sp³-hybridized carbons (Fsp3) is 0.926. The molecule has 0 rings (SSSR count). The largest absolute Gasteiger partial charge is 0.393 e. The number of hydrogen-bond acceptors (Lipinski definition) is 3. The summed E-state index contributed by atoms with van der Waals surface area (Å²) in [6, 6.07) is 0. The molecule has 0 aliphatic heterocycles. The minimum Gasteiger partial charge on any atom is -0.393 e. The highest BCUT2D eigenvalue weighted by molar-refractivity contribution is 5.86. The van der Waals surface area contributed by atoms with E-state index < -0.39 is 0 Å². The summed E-state index contributed by atoms with van der Waals surface area (Å²) in [6.45, 7) is 8.60. The van der Waals surface area contributed by atoms with Crippen molar-refractivity contribution in [2.75, 3.05) is 0 Å². The van der Waals surface area contributed by atoms with Crippen molar-refractivity contribution < 1.29 is 14.3 Å². The van der Waals surface area contributed by atoms with Crippen molar-refractivity contribution in [1.29, 1.82) is 0 Å². The second-order valence-corrected chi connectivity index (χ2v) is 9.49. The standard InChI is InChI=1S/C27H52O3/c1-5-7-9-11-13-15-17-19-21-23-26(28)30-27(29)25(24(3)4)22-20-18-16-14-12-10-8-6-2/h24-25H,5-23H2,1-4H3. The van der Waals surface area contributed by atoms with E-state index in [4.69, 9.17) is 4.74 Å². The highest BCUT2D eigenvalue weighted by Crippen LogP contribution is 2.22. The van der Waals surface area contributed by atoms with E-state index in [9.17, 15) is 9.59 Å². The van der Waals surface area contributed by atoms with Gasteiger partial charge in [-0.15, -0.1) is 0 Å². The molecule has 30 heavy (non-hydrogen) atoms. The first kappa shape index (κ1) is 29.1. The Hall–Kier alpha value is -0.860. The second kappa shape index (κ2) is 21.4. The van der Waals surface area contributed by atoms with Crippen LogP contribution >= 0.6 is 0 Å². The van der Waals surface area contributed by atoms with Crippen LogP contribution in [0.3, 0.4) is 0 Å². The van der Waals surface area contributed by atoms with Gasteiger partial charge in [0, 0.05) is 6.42 Å². The fourth-order valence-corrected chi connectivity index (χ4v) is 4.04. The van der Waals surface area contributed by atoms with Crippen LogP contribution in [0.15, 0.2) is 0 Å². The van der Waals surface area contributed by atoms with Gasteiger partial charge in [-0.3, -0.25) is 9.59 Å². The van der Waals surface area contributed by atoms with E-state index in [0.29, 0.717) is 6.42 Å². The van der Waals surface area contributed by atoms with Crippen LogP contribution in [0.4, 0.5) is 0 Å². The Labute approximate surface area is 188 Å². The maximum atomic E-state index is 12.5. The molecule has 0 N–H and O–H groups in total. The third-order valence-corrected chi connectivity index (χ3v) is 6.18. The molecule has 3 heteroatoms. The molecule has 0 heterocycles. The number of unbranched alkanes of at least 4 members (excludes halogenated alkanes) is 15. The van der Waals surface area contributed by atoms with E-state index in [1.165, 1.54) is 89.9 Å². The van der Waals surface area contributed by atoms with Crippen LogP contribution < -0.4 is 0 Å². The lowest BCUT2D eigenvalue weighted by Crippen LogP contribution is -2.25. The summed E-state index contributed by atoms with van der Waals surface area (Å²) < 4.78 is 5.19. The Bertz CT molecular complexity index is 403. The van der Waals surface area contributed by atoms with Crippen molar-refractivity contribution in [2.24, 2.45) is 11.8 Å². The molecule has 0 bridgehead atoms. The molecule has 0 aliphatic carbocycles. The first-order valence-corrected chi connectivity index (χ1v) is 13.3. The van der Waals surface area contributed by atoms with Crippen molar-refractivity contribution >= 4 is 11.9 Å². The number of hydrogen-bond donors (Lipinski definition) is 0. The van der Waals surface area contributed by atoms with Crippen molar-refractivity contribution in [1.82, 2.24) is 0 Å². The second-order valence-electron chi connectivity index (χ2n) is 9.49. The molecule has 0 aromatic carbocycles. The predicted octanol–water partition coefficient (Wildman–Crippen LogP) is 8.78. The Kier molecular flexibility index (Phi) is 20.8. The molecule has 3 nitrogen and oxygen atoms in total. The molecule has 0 spiro atoms. The van der Waals surface area contributed by atoms with Crippen LogP contribution in [0, 0.1) is 11.8 Å². The Morgan fingerprint density at radius 2 is 1.00 bits per heavy atom. The van der Waals surface area contributed by atoms with Gasteiger partial charge in [-0.05, 0) is 18.8 Å². The third kappa shape index (κ3) is 18.0. The van der Waals surface area contributed by atoms with Gasteiger partial charge in [-0.25, -0.2) is 0 Å². The maximum absolute atomic E-state index is 12.5. The van der Waals surface area contributed by atoms with Crippen molar-refractivity contribution in [3.8, 4) is 0 Å². The summed E-state index contributed by atoms with van der Waals surface area (Å²) in [5.74, 6) is -0.543. The van der Waals surface area contributed by atoms with Crippen LogP contribution in [-0.4, -0.2) is 11.9 Å². The number of ether oxygens (including phenoxy) is 1. The maximum Gasteiger partial charge on any atom is 0.316 e. The van der Waals surface area contributed by atoms with E-state index in [1.807, 2.05) is 0 Å². The number of carbonyl (C=O) groups excluding carboxylic acids is 2. The summed E-state index contributed by atoms with van der Waals surface area (Å²) >= 11 is 0. The van der Waals surface area contributed by atoms with Crippen LogP contribution in [0.1, 0.15) is 150 Å². The van der Waals surface area contributed by atoms with Gasteiger partial charge in [0.2, 0.25) is 0 Å². The number of esters is 2. The Morgan fingerprint density at radius 1 is 0.600 bits per heavy atom. The average molecular weight is 425 g/mol. The molecule has 0 aliphatic rings. The lowest BCUT2D eigenvalue weighted by Gasteiger charge is -2.18. The average Bonchev–Trinajstić information content (AvgIpc) is 2.71. The van der Waals surface area contributed by atoms with Gasteiger partial charge in [0.25, 0.3) is 0 Å². The quantitative estimate of drug-likeness (QED) is 0.105. The highest BCUT2D eigenvalue weighted by Gasteiger charge is 2.25. The molecule has 0 aromatic rings. The highest BCUT2D eigenvalue weighted by atomic mass is 16.6. The summed E-state index contributed by atoms with van der Waals surface area (Å²) in [6.07, 6.45) is 22.3. The molecule has 0 radical (unpaired) electrons.